The van der Waals surface area contributed by atoms with E-state index in [0.29, 0.717) is 39.5 Å². The highest BCUT2D eigenvalue weighted by Gasteiger charge is 2.20. The van der Waals surface area contributed by atoms with Crippen molar-refractivity contribution >= 4 is 40.9 Å². The van der Waals surface area contributed by atoms with Crippen molar-refractivity contribution in [2.45, 2.75) is 31.6 Å². The van der Waals surface area contributed by atoms with Gasteiger partial charge < -0.3 is 19.9 Å². The third kappa shape index (κ3) is 5.80. The molecule has 2 amide bonds. The van der Waals surface area contributed by atoms with Crippen LogP contribution in [0.3, 0.4) is 0 Å². The van der Waals surface area contributed by atoms with Gasteiger partial charge in [0.1, 0.15) is 5.75 Å². The Bertz CT molecular complexity index is 1090. The molecule has 0 saturated carbocycles. The third-order valence-corrected chi connectivity index (χ3v) is 5.93. The van der Waals surface area contributed by atoms with Crippen molar-refractivity contribution in [1.82, 2.24) is 20.1 Å². The second kappa shape index (κ2) is 11.0. The third-order valence-electron chi connectivity index (χ3n) is 4.63. The number of hydrogen-bond donors (Lipinski definition) is 2. The first-order valence-electron chi connectivity index (χ1n) is 9.98. The van der Waals surface area contributed by atoms with Gasteiger partial charge in [0.15, 0.2) is 11.0 Å². The molecule has 0 aliphatic heterocycles. The van der Waals surface area contributed by atoms with Gasteiger partial charge in [0.2, 0.25) is 5.91 Å². The van der Waals surface area contributed by atoms with Crippen LogP contribution in [0.4, 0.5) is 5.69 Å². The lowest BCUT2D eigenvalue weighted by atomic mass is 10.2. The highest BCUT2D eigenvalue weighted by Crippen LogP contribution is 2.23. The molecule has 2 aromatic carbocycles. The molecule has 3 aromatic rings. The number of aromatic nitrogens is 3. The van der Waals surface area contributed by atoms with Crippen molar-refractivity contribution in [3.05, 3.63) is 64.9 Å². The summed E-state index contributed by atoms with van der Waals surface area (Å²) in [6.07, 6.45) is 0. The fraction of sp³-hybridized carbons (Fsp3) is 0.273. The van der Waals surface area contributed by atoms with Crippen LogP contribution in [0.15, 0.2) is 53.7 Å². The summed E-state index contributed by atoms with van der Waals surface area (Å²) in [7, 11) is 1.57. The monoisotopic (exact) mass is 473 g/mol. The number of nitrogens with zero attached hydrogens (tertiary/aromatic N) is 3. The van der Waals surface area contributed by atoms with E-state index in [1.54, 1.807) is 55.6 Å². The molecule has 0 radical (unpaired) electrons. The number of carbonyl (C=O) groups excluding carboxylic acids is 2. The lowest BCUT2D eigenvalue weighted by Gasteiger charge is -2.15. The van der Waals surface area contributed by atoms with Crippen LogP contribution in [0.25, 0.3) is 0 Å². The van der Waals surface area contributed by atoms with Crippen LogP contribution in [0, 0.1) is 0 Å². The minimum absolute atomic E-state index is 0.149. The maximum absolute atomic E-state index is 12.6. The predicted molar refractivity (Wildman–Crippen MR) is 125 cm³/mol. The summed E-state index contributed by atoms with van der Waals surface area (Å²) in [4.78, 5) is 24.9. The molecule has 0 fully saturated rings. The maximum Gasteiger partial charge on any atom is 0.251 e. The zero-order valence-electron chi connectivity index (χ0n) is 18.0. The number of methoxy groups -OCH3 is 1. The molecule has 8 nitrogen and oxygen atoms in total. The molecule has 10 heteroatoms. The zero-order valence-corrected chi connectivity index (χ0v) is 19.5. The number of benzene rings is 2. The van der Waals surface area contributed by atoms with E-state index >= 15 is 0 Å². The quantitative estimate of drug-likeness (QED) is 0.452. The van der Waals surface area contributed by atoms with Crippen LogP contribution in [-0.2, 0) is 11.3 Å². The summed E-state index contributed by atoms with van der Waals surface area (Å²) in [5.74, 6) is 1.02. The molecule has 2 N–H and O–H groups in total. The smallest absolute Gasteiger partial charge is 0.251 e. The van der Waals surface area contributed by atoms with Crippen LogP contribution in [-0.4, -0.2) is 39.4 Å². The van der Waals surface area contributed by atoms with E-state index in [0.717, 1.165) is 0 Å². The van der Waals surface area contributed by atoms with Gasteiger partial charge in [-0.05, 0) is 50.2 Å². The molecule has 1 unspecified atom stereocenters. The standard InChI is InChI=1S/C22H24ClN5O3S/c1-4-28-20(14(2)24-21(30)15-9-11-16(31-3)12-10-15)26-27-22(28)32-13-19(29)25-18-8-6-5-7-17(18)23/h5-12,14H,4,13H2,1-3H3,(H,24,30)(H,25,29). The second-order valence-electron chi connectivity index (χ2n) is 6.83. The van der Waals surface area contributed by atoms with Crippen molar-refractivity contribution in [2.75, 3.05) is 18.2 Å². The number of thioether (sulfide) groups is 1. The molecule has 0 saturated heterocycles. The Morgan fingerprint density at radius 3 is 2.53 bits per heavy atom. The molecule has 1 aromatic heterocycles. The first-order chi connectivity index (χ1) is 15.4. The number of para-hydroxylation sites is 1. The molecular formula is C22H24ClN5O3S. The van der Waals surface area contributed by atoms with E-state index in [1.165, 1.54) is 11.8 Å². The highest BCUT2D eigenvalue weighted by atomic mass is 35.5. The van der Waals surface area contributed by atoms with Crippen LogP contribution >= 0.6 is 23.4 Å². The molecule has 168 valence electrons. The maximum atomic E-state index is 12.6. The summed E-state index contributed by atoms with van der Waals surface area (Å²) in [6, 6.07) is 13.5. The van der Waals surface area contributed by atoms with E-state index < -0.39 is 0 Å². The van der Waals surface area contributed by atoms with Crippen LogP contribution in [0.2, 0.25) is 5.02 Å². The van der Waals surface area contributed by atoms with E-state index in [4.69, 9.17) is 16.3 Å². The average Bonchev–Trinajstić information content (AvgIpc) is 3.22. The van der Waals surface area contributed by atoms with Crippen LogP contribution in [0.1, 0.15) is 36.1 Å². The van der Waals surface area contributed by atoms with Crippen molar-refractivity contribution in [3.63, 3.8) is 0 Å². The molecule has 32 heavy (non-hydrogen) atoms. The van der Waals surface area contributed by atoms with Crippen molar-refractivity contribution < 1.29 is 14.3 Å². The van der Waals surface area contributed by atoms with E-state index in [2.05, 4.69) is 20.8 Å². The van der Waals surface area contributed by atoms with Gasteiger partial charge in [-0.3, -0.25) is 9.59 Å². The fourth-order valence-corrected chi connectivity index (χ4v) is 3.98. The van der Waals surface area contributed by atoms with Crippen molar-refractivity contribution in [2.24, 2.45) is 0 Å². The van der Waals surface area contributed by atoms with Gasteiger partial charge in [-0.25, -0.2) is 0 Å². The lowest BCUT2D eigenvalue weighted by molar-refractivity contribution is -0.113. The van der Waals surface area contributed by atoms with Gasteiger partial charge in [-0.1, -0.05) is 35.5 Å². The number of nitrogens with one attached hydrogen (secondary N) is 2. The van der Waals surface area contributed by atoms with Crippen LogP contribution < -0.4 is 15.4 Å². The van der Waals surface area contributed by atoms with E-state index in [9.17, 15) is 9.59 Å². The topological polar surface area (TPSA) is 98.1 Å². The summed E-state index contributed by atoms with van der Waals surface area (Å²) in [5.41, 5.74) is 1.08. The molecule has 3 rings (SSSR count). The number of ether oxygens (including phenoxy) is 1. The van der Waals surface area contributed by atoms with E-state index in [1.807, 2.05) is 18.4 Å². The number of rotatable bonds is 9. The SMILES string of the molecule is CCn1c(SCC(=O)Nc2ccccc2Cl)nnc1C(C)NC(=O)c1ccc(OC)cc1. The number of amides is 2. The zero-order chi connectivity index (χ0) is 23.1. The Balaban J connectivity index is 1.62. The Morgan fingerprint density at radius 1 is 1.16 bits per heavy atom. The van der Waals surface area contributed by atoms with Crippen molar-refractivity contribution in [1.29, 1.82) is 0 Å². The molecule has 1 heterocycles. The molecule has 0 spiro atoms. The summed E-state index contributed by atoms with van der Waals surface area (Å²) in [6.45, 7) is 4.40. The second-order valence-corrected chi connectivity index (χ2v) is 8.18. The van der Waals surface area contributed by atoms with Crippen LogP contribution in [0.5, 0.6) is 5.75 Å². The van der Waals surface area contributed by atoms with E-state index in [-0.39, 0.29) is 23.6 Å². The summed E-state index contributed by atoms with van der Waals surface area (Å²) in [5, 5.41) is 15.2. The number of halogens is 1. The average molecular weight is 474 g/mol. The number of hydrogen-bond acceptors (Lipinski definition) is 6. The van der Waals surface area contributed by atoms with Gasteiger partial charge in [0, 0.05) is 12.1 Å². The highest BCUT2D eigenvalue weighted by molar-refractivity contribution is 7.99. The molecule has 0 bridgehead atoms. The first-order valence-corrected chi connectivity index (χ1v) is 11.3. The fourth-order valence-electron chi connectivity index (χ4n) is 2.99. The minimum Gasteiger partial charge on any atom is -0.497 e. The predicted octanol–water partition coefficient (Wildman–Crippen LogP) is 4.18. The Labute approximate surface area is 195 Å². The Hall–Kier alpha value is -3.04. The van der Waals surface area contributed by atoms with Gasteiger partial charge in [0.05, 0.1) is 29.6 Å². The van der Waals surface area contributed by atoms with Gasteiger partial charge in [-0.15, -0.1) is 10.2 Å². The number of anilines is 1. The lowest BCUT2D eigenvalue weighted by Crippen LogP contribution is -2.28. The molecule has 1 atom stereocenters. The number of carbonyl (C=O) groups is 2. The van der Waals surface area contributed by atoms with Crippen molar-refractivity contribution in [3.8, 4) is 5.75 Å². The Kier molecular flexibility index (Phi) is 8.13. The van der Waals surface area contributed by atoms with Gasteiger partial charge in [0.25, 0.3) is 5.91 Å². The first kappa shape index (κ1) is 23.6. The molecule has 0 aliphatic rings. The summed E-state index contributed by atoms with van der Waals surface area (Å²) >= 11 is 7.35. The largest absolute Gasteiger partial charge is 0.497 e. The summed E-state index contributed by atoms with van der Waals surface area (Å²) < 4.78 is 7.00. The Morgan fingerprint density at radius 2 is 1.88 bits per heavy atom. The normalized spacial score (nSPS) is 11.6. The van der Waals surface area contributed by atoms with Gasteiger partial charge in [-0.2, -0.15) is 0 Å². The molecule has 0 aliphatic carbocycles. The van der Waals surface area contributed by atoms with Gasteiger partial charge >= 0.3 is 0 Å². The minimum atomic E-state index is -0.372. The molecular weight excluding hydrogens is 450 g/mol.